The van der Waals surface area contributed by atoms with E-state index in [-0.39, 0.29) is 6.04 Å². The van der Waals surface area contributed by atoms with Gasteiger partial charge in [0.1, 0.15) is 5.75 Å². The van der Waals surface area contributed by atoms with Crippen LogP contribution in [0.5, 0.6) is 5.75 Å². The molecule has 0 aliphatic rings. The smallest absolute Gasteiger partial charge is 0.226 e. The van der Waals surface area contributed by atoms with Crippen LogP contribution in [0.15, 0.2) is 30.6 Å². The summed E-state index contributed by atoms with van der Waals surface area (Å²) in [6, 6.07) is 8.40. The van der Waals surface area contributed by atoms with E-state index >= 15 is 0 Å². The summed E-state index contributed by atoms with van der Waals surface area (Å²) in [5.41, 5.74) is 2.89. The van der Waals surface area contributed by atoms with Crippen LogP contribution in [-0.4, -0.2) is 39.7 Å². The van der Waals surface area contributed by atoms with E-state index < -0.39 is 0 Å². The number of aromatic nitrogens is 4. The highest BCUT2D eigenvalue weighted by Gasteiger charge is 2.14. The summed E-state index contributed by atoms with van der Waals surface area (Å²) in [5.74, 6) is 2.25. The molecule has 7 heteroatoms. The highest BCUT2D eigenvalue weighted by molar-refractivity contribution is 5.84. The molecule has 0 aliphatic carbocycles. The van der Waals surface area contributed by atoms with E-state index in [2.05, 4.69) is 56.1 Å². The second-order valence-electron chi connectivity index (χ2n) is 6.37. The summed E-state index contributed by atoms with van der Waals surface area (Å²) in [7, 11) is 1.68. The maximum Gasteiger partial charge on any atom is 0.226 e. The van der Waals surface area contributed by atoms with Gasteiger partial charge in [-0.3, -0.25) is 0 Å². The molecule has 3 rings (SSSR count). The normalized spacial score (nSPS) is 11.1. The first-order chi connectivity index (χ1) is 12.6. The van der Waals surface area contributed by atoms with Gasteiger partial charge in [-0.1, -0.05) is 12.1 Å². The molecule has 0 bridgehead atoms. The van der Waals surface area contributed by atoms with Gasteiger partial charge in [-0.15, -0.1) is 0 Å². The van der Waals surface area contributed by atoms with Crippen LogP contribution in [-0.2, 0) is 6.42 Å². The minimum absolute atomic E-state index is 0.288. The van der Waals surface area contributed by atoms with Crippen LogP contribution in [0.25, 0.3) is 11.2 Å². The molecule has 2 heterocycles. The minimum Gasteiger partial charge on any atom is -0.497 e. The van der Waals surface area contributed by atoms with Crippen molar-refractivity contribution in [1.29, 1.82) is 0 Å². The number of imidazole rings is 1. The standard InChI is InChI=1S/C19H26N6O/c1-5-20-19-23-17(16-18(24-19)25(12-22-16)13(2)3)21-11-10-14-6-8-15(26-4)9-7-14/h6-9,12-13H,5,10-11H2,1-4H3,(H2,20,21,23,24). The summed E-state index contributed by atoms with van der Waals surface area (Å²) in [6.07, 6.45) is 2.71. The van der Waals surface area contributed by atoms with E-state index in [0.717, 1.165) is 42.2 Å². The topological polar surface area (TPSA) is 76.9 Å². The molecule has 0 fully saturated rings. The third kappa shape index (κ3) is 3.87. The lowest BCUT2D eigenvalue weighted by Gasteiger charge is -2.11. The van der Waals surface area contributed by atoms with Gasteiger partial charge in [0.05, 0.1) is 13.4 Å². The predicted molar refractivity (Wildman–Crippen MR) is 105 cm³/mol. The second kappa shape index (κ2) is 8.03. The zero-order valence-electron chi connectivity index (χ0n) is 15.8. The van der Waals surface area contributed by atoms with Gasteiger partial charge in [0, 0.05) is 19.1 Å². The van der Waals surface area contributed by atoms with Gasteiger partial charge in [0.15, 0.2) is 17.0 Å². The van der Waals surface area contributed by atoms with Crippen LogP contribution in [0.1, 0.15) is 32.4 Å². The molecule has 3 aromatic rings. The zero-order chi connectivity index (χ0) is 18.5. The SMILES string of the molecule is CCNc1nc(NCCc2ccc(OC)cc2)c2ncn(C(C)C)c2n1. The van der Waals surface area contributed by atoms with Gasteiger partial charge in [0.25, 0.3) is 0 Å². The molecular formula is C19H26N6O. The second-order valence-corrected chi connectivity index (χ2v) is 6.37. The Balaban J connectivity index is 1.79. The first-order valence-electron chi connectivity index (χ1n) is 8.97. The van der Waals surface area contributed by atoms with Crippen LogP contribution in [0.4, 0.5) is 11.8 Å². The minimum atomic E-state index is 0.288. The molecule has 0 radical (unpaired) electrons. The Kier molecular flexibility index (Phi) is 5.55. The van der Waals surface area contributed by atoms with Crippen LogP contribution in [0.2, 0.25) is 0 Å². The van der Waals surface area contributed by atoms with Crippen LogP contribution in [0, 0.1) is 0 Å². The first kappa shape index (κ1) is 18.0. The molecule has 26 heavy (non-hydrogen) atoms. The number of ether oxygens (including phenoxy) is 1. The largest absolute Gasteiger partial charge is 0.497 e. The lowest BCUT2D eigenvalue weighted by molar-refractivity contribution is 0.414. The number of nitrogens with one attached hydrogen (secondary N) is 2. The number of hydrogen-bond donors (Lipinski definition) is 2. The third-order valence-electron chi connectivity index (χ3n) is 4.18. The Labute approximate surface area is 153 Å². The van der Waals surface area contributed by atoms with Gasteiger partial charge >= 0.3 is 0 Å². The number of nitrogens with zero attached hydrogens (tertiary/aromatic N) is 4. The van der Waals surface area contributed by atoms with E-state index in [1.165, 1.54) is 5.56 Å². The van der Waals surface area contributed by atoms with Gasteiger partial charge in [-0.2, -0.15) is 9.97 Å². The molecule has 0 atom stereocenters. The fourth-order valence-electron chi connectivity index (χ4n) is 2.77. The van der Waals surface area contributed by atoms with Crippen molar-refractivity contribution in [3.8, 4) is 5.75 Å². The van der Waals surface area contributed by atoms with Crippen molar-refractivity contribution in [3.05, 3.63) is 36.2 Å². The molecule has 0 aliphatic heterocycles. The molecule has 1 aromatic carbocycles. The van der Waals surface area contributed by atoms with Gasteiger partial charge in [-0.05, 0) is 44.9 Å². The van der Waals surface area contributed by atoms with E-state index in [4.69, 9.17) is 4.74 Å². The lowest BCUT2D eigenvalue weighted by Crippen LogP contribution is -2.11. The fraction of sp³-hybridized carbons (Fsp3) is 0.421. The molecule has 2 N–H and O–H groups in total. The van der Waals surface area contributed by atoms with Gasteiger partial charge in [0.2, 0.25) is 5.95 Å². The van der Waals surface area contributed by atoms with Crippen molar-refractivity contribution in [2.24, 2.45) is 0 Å². The van der Waals surface area contributed by atoms with Crippen molar-refractivity contribution in [1.82, 2.24) is 19.5 Å². The lowest BCUT2D eigenvalue weighted by atomic mass is 10.1. The molecule has 138 valence electrons. The Hall–Kier alpha value is -2.83. The quantitative estimate of drug-likeness (QED) is 0.645. The Morgan fingerprint density at radius 2 is 1.88 bits per heavy atom. The molecule has 0 amide bonds. The maximum atomic E-state index is 5.20. The highest BCUT2D eigenvalue weighted by Crippen LogP contribution is 2.23. The number of methoxy groups -OCH3 is 1. The number of anilines is 2. The average Bonchev–Trinajstić information content (AvgIpc) is 3.07. The van der Waals surface area contributed by atoms with Crippen molar-refractivity contribution in [3.63, 3.8) is 0 Å². The number of rotatable bonds is 8. The van der Waals surface area contributed by atoms with Crippen molar-refractivity contribution < 1.29 is 4.74 Å². The van der Waals surface area contributed by atoms with Crippen molar-refractivity contribution in [2.45, 2.75) is 33.2 Å². The van der Waals surface area contributed by atoms with E-state index in [0.29, 0.717) is 5.95 Å². The average molecular weight is 354 g/mol. The molecular weight excluding hydrogens is 328 g/mol. The summed E-state index contributed by atoms with van der Waals surface area (Å²) < 4.78 is 7.26. The number of benzene rings is 1. The fourth-order valence-corrected chi connectivity index (χ4v) is 2.77. The summed E-state index contributed by atoms with van der Waals surface area (Å²) in [4.78, 5) is 13.7. The van der Waals surface area contributed by atoms with Crippen molar-refractivity contribution >= 4 is 22.9 Å². The molecule has 2 aromatic heterocycles. The van der Waals surface area contributed by atoms with E-state index in [1.54, 1.807) is 7.11 Å². The van der Waals surface area contributed by atoms with Crippen LogP contribution in [0.3, 0.4) is 0 Å². The molecule has 0 saturated heterocycles. The van der Waals surface area contributed by atoms with Gasteiger partial charge in [-0.25, -0.2) is 4.98 Å². The Morgan fingerprint density at radius 3 is 2.54 bits per heavy atom. The van der Waals surface area contributed by atoms with Crippen LogP contribution < -0.4 is 15.4 Å². The highest BCUT2D eigenvalue weighted by atomic mass is 16.5. The third-order valence-corrected chi connectivity index (χ3v) is 4.18. The molecule has 0 unspecified atom stereocenters. The number of hydrogen-bond acceptors (Lipinski definition) is 6. The summed E-state index contributed by atoms with van der Waals surface area (Å²) in [6.45, 7) is 7.80. The molecule has 0 saturated carbocycles. The van der Waals surface area contributed by atoms with Gasteiger partial charge < -0.3 is 19.9 Å². The Morgan fingerprint density at radius 1 is 1.12 bits per heavy atom. The van der Waals surface area contributed by atoms with E-state index in [9.17, 15) is 0 Å². The summed E-state index contributed by atoms with van der Waals surface area (Å²) >= 11 is 0. The molecule has 0 spiro atoms. The Bertz CT molecular complexity index is 856. The monoisotopic (exact) mass is 354 g/mol. The first-order valence-corrected chi connectivity index (χ1v) is 8.97. The zero-order valence-corrected chi connectivity index (χ0v) is 15.8. The molecule has 7 nitrogen and oxygen atoms in total. The summed E-state index contributed by atoms with van der Waals surface area (Å²) in [5, 5.41) is 6.62. The maximum absolute atomic E-state index is 5.20. The van der Waals surface area contributed by atoms with Crippen LogP contribution >= 0.6 is 0 Å². The van der Waals surface area contributed by atoms with E-state index in [1.807, 2.05) is 25.4 Å². The van der Waals surface area contributed by atoms with Crippen molar-refractivity contribution in [2.75, 3.05) is 30.8 Å². The number of fused-ring (bicyclic) bond motifs is 1. The predicted octanol–water partition coefficient (Wildman–Crippen LogP) is 3.50.